The molecule has 0 aliphatic rings. The highest BCUT2D eigenvalue weighted by Gasteiger charge is 2.14. The molecule has 2 aromatic heterocycles. The zero-order valence-electron chi connectivity index (χ0n) is 10.7. The molecule has 2 heterocycles. The lowest BCUT2D eigenvalue weighted by molar-refractivity contribution is -0.133. The maximum atomic E-state index is 11.3. The van der Waals surface area contributed by atoms with Gasteiger partial charge in [0.25, 0.3) is 0 Å². The highest BCUT2D eigenvalue weighted by Crippen LogP contribution is 2.23. The minimum absolute atomic E-state index is 0.0264. The van der Waals surface area contributed by atoms with Gasteiger partial charge >= 0.3 is 5.97 Å². The number of hydrogen-bond acceptors (Lipinski definition) is 6. The molecule has 0 radical (unpaired) electrons. The average molecular weight is 315 g/mol. The number of imidazole rings is 1. The Morgan fingerprint density at radius 3 is 2.90 bits per heavy atom. The van der Waals surface area contributed by atoms with Crippen LogP contribution in [0.1, 0.15) is 0 Å². The Labute approximate surface area is 120 Å². The van der Waals surface area contributed by atoms with Crippen molar-refractivity contribution in [1.82, 2.24) is 14.5 Å². The second-order valence-corrected chi connectivity index (χ2v) is 7.42. The van der Waals surface area contributed by atoms with Crippen molar-refractivity contribution in [2.45, 2.75) is 11.7 Å². The molecule has 7 nitrogen and oxygen atoms in total. The fourth-order valence-electron chi connectivity index (χ4n) is 1.67. The van der Waals surface area contributed by atoms with Crippen molar-refractivity contribution in [3.05, 3.63) is 18.5 Å². The van der Waals surface area contributed by atoms with Gasteiger partial charge in [0, 0.05) is 19.0 Å². The van der Waals surface area contributed by atoms with Crippen molar-refractivity contribution in [2.24, 2.45) is 0 Å². The third kappa shape index (κ3) is 3.70. The predicted octanol–water partition coefficient (Wildman–Crippen LogP) is 0.653. The molecule has 0 atom stereocenters. The summed E-state index contributed by atoms with van der Waals surface area (Å²) < 4.78 is 24.3. The van der Waals surface area contributed by atoms with Crippen LogP contribution in [0.5, 0.6) is 0 Å². The number of aliphatic carboxylic acids is 1. The summed E-state index contributed by atoms with van der Waals surface area (Å²) in [5.74, 6) is -1.10. The van der Waals surface area contributed by atoms with E-state index in [0.29, 0.717) is 10.7 Å². The van der Waals surface area contributed by atoms with Gasteiger partial charge in [-0.25, -0.2) is 13.4 Å². The minimum atomic E-state index is -3.11. The van der Waals surface area contributed by atoms with Crippen molar-refractivity contribution < 1.29 is 18.3 Å². The van der Waals surface area contributed by atoms with E-state index < -0.39 is 15.8 Å². The zero-order valence-corrected chi connectivity index (χ0v) is 12.3. The first-order chi connectivity index (χ1) is 9.37. The second-order valence-electron chi connectivity index (χ2n) is 4.22. The normalized spacial score (nSPS) is 11.8. The van der Waals surface area contributed by atoms with E-state index in [0.717, 1.165) is 23.5 Å². The molecule has 9 heteroatoms. The van der Waals surface area contributed by atoms with Crippen LogP contribution in [-0.4, -0.2) is 51.8 Å². The Hall–Kier alpha value is -1.61. The largest absolute Gasteiger partial charge is 0.481 e. The van der Waals surface area contributed by atoms with Crippen LogP contribution in [0.4, 0.5) is 0 Å². The fraction of sp³-hybridized carbons (Fsp3) is 0.364. The maximum absolute atomic E-state index is 11.3. The van der Waals surface area contributed by atoms with E-state index in [4.69, 9.17) is 5.11 Å². The van der Waals surface area contributed by atoms with E-state index in [1.807, 2.05) is 0 Å². The van der Waals surface area contributed by atoms with Crippen molar-refractivity contribution in [2.75, 3.05) is 17.8 Å². The van der Waals surface area contributed by atoms with Gasteiger partial charge in [0.05, 0.1) is 23.2 Å². The van der Waals surface area contributed by atoms with Crippen LogP contribution in [0, 0.1) is 0 Å². The zero-order chi connectivity index (χ0) is 14.8. The molecule has 2 rings (SSSR count). The Morgan fingerprint density at radius 2 is 2.25 bits per heavy atom. The second kappa shape index (κ2) is 5.80. The van der Waals surface area contributed by atoms with Crippen molar-refractivity contribution in [1.29, 1.82) is 0 Å². The Bertz CT molecular complexity index is 739. The number of carbonyl (C=O) groups is 1. The summed E-state index contributed by atoms with van der Waals surface area (Å²) in [5, 5.41) is 9.22. The lowest BCUT2D eigenvalue weighted by Crippen LogP contribution is -2.12. The lowest BCUT2D eigenvalue weighted by Gasteiger charge is -2.07. The van der Waals surface area contributed by atoms with Crippen LogP contribution >= 0.6 is 11.8 Å². The van der Waals surface area contributed by atoms with Gasteiger partial charge in [0.15, 0.2) is 5.16 Å². The van der Waals surface area contributed by atoms with Crippen LogP contribution < -0.4 is 0 Å². The van der Waals surface area contributed by atoms with E-state index in [9.17, 15) is 13.2 Å². The number of thioether (sulfide) groups is 1. The first-order valence-electron chi connectivity index (χ1n) is 5.69. The van der Waals surface area contributed by atoms with Gasteiger partial charge in [-0.3, -0.25) is 9.78 Å². The highest BCUT2D eigenvalue weighted by atomic mass is 32.2. The fourth-order valence-corrected chi connectivity index (χ4v) is 2.94. The number of aromatic nitrogens is 3. The molecule has 0 saturated carbocycles. The van der Waals surface area contributed by atoms with Crippen molar-refractivity contribution in [3.63, 3.8) is 0 Å². The molecule has 20 heavy (non-hydrogen) atoms. The highest BCUT2D eigenvalue weighted by molar-refractivity contribution is 7.99. The Morgan fingerprint density at radius 1 is 1.50 bits per heavy atom. The lowest BCUT2D eigenvalue weighted by atomic mass is 10.4. The minimum Gasteiger partial charge on any atom is -0.481 e. The summed E-state index contributed by atoms with van der Waals surface area (Å²) in [7, 11) is -3.11. The van der Waals surface area contributed by atoms with Gasteiger partial charge < -0.3 is 9.67 Å². The van der Waals surface area contributed by atoms with Crippen LogP contribution in [-0.2, 0) is 21.2 Å². The molecule has 0 amide bonds. The Kier molecular flexibility index (Phi) is 4.29. The first kappa shape index (κ1) is 14.8. The van der Waals surface area contributed by atoms with Crippen LogP contribution in [0.2, 0.25) is 0 Å². The third-order valence-corrected chi connectivity index (χ3v) is 4.41. The maximum Gasteiger partial charge on any atom is 0.313 e. The van der Waals surface area contributed by atoms with Crippen LogP contribution in [0.25, 0.3) is 11.0 Å². The quantitative estimate of drug-likeness (QED) is 0.781. The van der Waals surface area contributed by atoms with E-state index in [1.54, 1.807) is 23.0 Å². The molecule has 0 spiro atoms. The third-order valence-electron chi connectivity index (χ3n) is 2.53. The van der Waals surface area contributed by atoms with Crippen LogP contribution in [0.3, 0.4) is 0 Å². The topological polar surface area (TPSA) is 102 Å². The molecule has 0 aliphatic carbocycles. The summed E-state index contributed by atoms with van der Waals surface area (Å²) in [6, 6.07) is 1.73. The van der Waals surface area contributed by atoms with Crippen molar-refractivity contribution >= 4 is 38.6 Å². The van der Waals surface area contributed by atoms with Gasteiger partial charge in [0.2, 0.25) is 0 Å². The number of fused-ring (bicyclic) bond motifs is 1. The van der Waals surface area contributed by atoms with Crippen LogP contribution in [0.15, 0.2) is 23.6 Å². The number of nitrogens with zero attached hydrogens (tertiary/aromatic N) is 3. The number of carboxylic acids is 1. The first-order valence-corrected chi connectivity index (χ1v) is 8.74. The monoisotopic (exact) mass is 315 g/mol. The smallest absolute Gasteiger partial charge is 0.313 e. The molecule has 0 aliphatic heterocycles. The van der Waals surface area contributed by atoms with Gasteiger partial charge in [-0.1, -0.05) is 11.8 Å². The molecule has 0 unspecified atom stereocenters. The SMILES string of the molecule is CS(=O)(=O)CCn1c(SCC(=O)O)nc2cnccc21. The molecule has 0 fully saturated rings. The number of aryl methyl sites for hydroxylation is 1. The molecular formula is C11H13N3O4S2. The summed E-state index contributed by atoms with van der Waals surface area (Å²) >= 11 is 1.06. The molecule has 108 valence electrons. The summed E-state index contributed by atoms with van der Waals surface area (Å²) in [4.78, 5) is 18.9. The molecule has 0 bridgehead atoms. The molecule has 0 aromatic carbocycles. The standard InChI is InChI=1S/C11H13N3O4S2/c1-20(17,18)5-4-14-9-2-3-12-6-8(9)13-11(14)19-7-10(15)16/h2-3,6H,4-5,7H2,1H3,(H,15,16). The Balaban J connectivity index is 2.36. The molecular weight excluding hydrogens is 302 g/mol. The number of carboxylic acid groups (broad SMARTS) is 1. The number of sulfone groups is 1. The van der Waals surface area contributed by atoms with Crippen molar-refractivity contribution in [3.8, 4) is 0 Å². The molecule has 2 aromatic rings. The predicted molar refractivity (Wildman–Crippen MR) is 75.6 cm³/mol. The van der Waals surface area contributed by atoms with E-state index in [-0.39, 0.29) is 18.1 Å². The number of pyridine rings is 1. The van der Waals surface area contributed by atoms with Gasteiger partial charge in [-0.2, -0.15) is 0 Å². The van der Waals surface area contributed by atoms with E-state index >= 15 is 0 Å². The van der Waals surface area contributed by atoms with E-state index in [2.05, 4.69) is 9.97 Å². The van der Waals surface area contributed by atoms with Gasteiger partial charge in [-0.15, -0.1) is 0 Å². The summed E-state index contributed by atoms with van der Waals surface area (Å²) in [5.41, 5.74) is 1.37. The van der Waals surface area contributed by atoms with Gasteiger partial charge in [0.1, 0.15) is 15.4 Å². The summed E-state index contributed by atoms with van der Waals surface area (Å²) in [6.45, 7) is 0.237. The van der Waals surface area contributed by atoms with E-state index in [1.165, 1.54) is 0 Å². The average Bonchev–Trinajstić information content (AvgIpc) is 2.70. The number of hydrogen-bond donors (Lipinski definition) is 1. The number of rotatable bonds is 6. The molecule has 0 saturated heterocycles. The molecule has 1 N–H and O–H groups in total. The summed E-state index contributed by atoms with van der Waals surface area (Å²) in [6.07, 6.45) is 4.32. The van der Waals surface area contributed by atoms with Gasteiger partial charge in [-0.05, 0) is 6.07 Å².